The van der Waals surface area contributed by atoms with E-state index in [0.717, 1.165) is 13.1 Å². The number of sulfonamides is 1. The van der Waals surface area contributed by atoms with Crippen molar-refractivity contribution in [3.05, 3.63) is 48.3 Å². The Labute approximate surface area is 171 Å². The van der Waals surface area contributed by atoms with Crippen molar-refractivity contribution in [2.45, 2.75) is 24.4 Å². The normalized spacial score (nSPS) is 20.9. The molecule has 0 radical (unpaired) electrons. The molecule has 1 atom stereocenters. The number of fused-ring (bicyclic) bond motifs is 1. The molecular formula is C20H26N4O4S. The number of ether oxygens (including phenoxy) is 1. The van der Waals surface area contributed by atoms with Crippen LogP contribution in [0.5, 0.6) is 0 Å². The summed E-state index contributed by atoms with van der Waals surface area (Å²) in [6, 6.07) is 10.6. The van der Waals surface area contributed by atoms with Crippen LogP contribution in [0.3, 0.4) is 0 Å². The molecule has 1 amide bonds. The van der Waals surface area contributed by atoms with Crippen LogP contribution in [0.2, 0.25) is 0 Å². The van der Waals surface area contributed by atoms with Gasteiger partial charge < -0.3 is 14.6 Å². The Bertz CT molecular complexity index is 965. The van der Waals surface area contributed by atoms with E-state index in [0.29, 0.717) is 38.5 Å². The molecule has 0 bridgehead atoms. The van der Waals surface area contributed by atoms with Gasteiger partial charge in [0.2, 0.25) is 15.9 Å². The van der Waals surface area contributed by atoms with Crippen molar-refractivity contribution in [1.82, 2.24) is 13.8 Å². The van der Waals surface area contributed by atoms with Crippen LogP contribution >= 0.6 is 0 Å². The molecule has 1 saturated heterocycles. The number of anilines is 1. The number of hydrogen-bond acceptors (Lipinski definition) is 5. The van der Waals surface area contributed by atoms with Crippen molar-refractivity contribution >= 4 is 21.6 Å². The van der Waals surface area contributed by atoms with Crippen molar-refractivity contribution in [1.29, 1.82) is 0 Å². The number of amides is 1. The third kappa shape index (κ3) is 4.23. The maximum Gasteiger partial charge on any atom is 0.243 e. The zero-order valence-electron chi connectivity index (χ0n) is 16.5. The minimum Gasteiger partial charge on any atom is -0.379 e. The van der Waals surface area contributed by atoms with Crippen molar-refractivity contribution in [3.63, 3.8) is 0 Å². The Morgan fingerprint density at radius 3 is 2.55 bits per heavy atom. The molecular weight excluding hydrogens is 392 g/mol. The van der Waals surface area contributed by atoms with Gasteiger partial charge in [0.05, 0.1) is 24.7 Å². The first-order valence-corrected chi connectivity index (χ1v) is 11.3. The van der Waals surface area contributed by atoms with Crippen LogP contribution < -0.4 is 5.32 Å². The lowest BCUT2D eigenvalue weighted by atomic mass is 10.1. The molecule has 4 rings (SSSR count). The van der Waals surface area contributed by atoms with Crippen LogP contribution in [0.25, 0.3) is 0 Å². The first-order chi connectivity index (χ1) is 13.9. The molecule has 3 heterocycles. The Morgan fingerprint density at radius 2 is 1.83 bits per heavy atom. The summed E-state index contributed by atoms with van der Waals surface area (Å²) in [6.45, 7) is 5.61. The predicted octanol–water partition coefficient (Wildman–Crippen LogP) is 1.52. The van der Waals surface area contributed by atoms with E-state index in [2.05, 4.69) is 34.0 Å². The fourth-order valence-electron chi connectivity index (χ4n) is 3.87. The number of rotatable bonds is 5. The van der Waals surface area contributed by atoms with E-state index in [1.807, 2.05) is 6.07 Å². The lowest BCUT2D eigenvalue weighted by Crippen LogP contribution is -2.41. The molecule has 156 valence electrons. The standard InChI is InChI=1S/C20H26N4O4S/c1-16-19-3-2-8-22(19)9-10-23(16)15-20(25)21-17-4-6-18(7-5-17)29(26,27)24-11-13-28-14-12-24/h2-8,16H,9-15H2,1H3,(H,21,25). The number of morpholine rings is 1. The summed E-state index contributed by atoms with van der Waals surface area (Å²) in [4.78, 5) is 14.9. The van der Waals surface area contributed by atoms with Crippen LogP contribution in [0.1, 0.15) is 18.7 Å². The van der Waals surface area contributed by atoms with E-state index in [-0.39, 0.29) is 16.8 Å². The van der Waals surface area contributed by atoms with Crippen molar-refractivity contribution in [2.75, 3.05) is 44.7 Å². The molecule has 1 N–H and O–H groups in total. The van der Waals surface area contributed by atoms with Crippen LogP contribution in [-0.2, 0) is 26.1 Å². The maximum absolute atomic E-state index is 12.7. The van der Waals surface area contributed by atoms with Crippen molar-refractivity contribution in [3.8, 4) is 0 Å². The second-order valence-corrected chi connectivity index (χ2v) is 9.30. The summed E-state index contributed by atoms with van der Waals surface area (Å²) in [7, 11) is -3.53. The summed E-state index contributed by atoms with van der Waals surface area (Å²) >= 11 is 0. The van der Waals surface area contributed by atoms with Gasteiger partial charge in [0.25, 0.3) is 0 Å². The molecule has 1 aromatic carbocycles. The van der Waals surface area contributed by atoms with E-state index in [4.69, 9.17) is 4.74 Å². The third-order valence-corrected chi connectivity index (χ3v) is 7.47. The Kier molecular flexibility index (Phi) is 5.73. The molecule has 1 fully saturated rings. The highest BCUT2D eigenvalue weighted by Crippen LogP contribution is 2.25. The van der Waals surface area contributed by atoms with Gasteiger partial charge in [0.15, 0.2) is 0 Å². The number of nitrogens with one attached hydrogen (secondary N) is 1. The maximum atomic E-state index is 12.7. The van der Waals surface area contributed by atoms with E-state index in [9.17, 15) is 13.2 Å². The molecule has 8 nitrogen and oxygen atoms in total. The van der Waals surface area contributed by atoms with E-state index < -0.39 is 10.0 Å². The second kappa shape index (κ2) is 8.27. The fourth-order valence-corrected chi connectivity index (χ4v) is 5.28. The van der Waals surface area contributed by atoms with Gasteiger partial charge in [-0.15, -0.1) is 0 Å². The largest absolute Gasteiger partial charge is 0.379 e. The highest BCUT2D eigenvalue weighted by Gasteiger charge is 2.27. The SMILES string of the molecule is CC1c2cccn2CCN1CC(=O)Nc1ccc(S(=O)(=O)N2CCOCC2)cc1. The van der Waals surface area contributed by atoms with E-state index in [1.54, 1.807) is 12.1 Å². The number of aromatic nitrogens is 1. The molecule has 0 spiro atoms. The highest BCUT2D eigenvalue weighted by atomic mass is 32.2. The Morgan fingerprint density at radius 1 is 1.10 bits per heavy atom. The highest BCUT2D eigenvalue weighted by molar-refractivity contribution is 7.89. The second-order valence-electron chi connectivity index (χ2n) is 7.36. The Hall–Kier alpha value is -2.20. The molecule has 29 heavy (non-hydrogen) atoms. The van der Waals surface area contributed by atoms with E-state index in [1.165, 1.54) is 22.1 Å². The number of benzene rings is 1. The lowest BCUT2D eigenvalue weighted by Gasteiger charge is -2.34. The number of hydrogen-bond donors (Lipinski definition) is 1. The summed E-state index contributed by atoms with van der Waals surface area (Å²) in [5.74, 6) is -0.111. The average Bonchev–Trinajstić information content (AvgIpc) is 3.21. The van der Waals surface area contributed by atoms with Gasteiger partial charge in [0, 0.05) is 49.8 Å². The van der Waals surface area contributed by atoms with Gasteiger partial charge in [-0.3, -0.25) is 9.69 Å². The van der Waals surface area contributed by atoms with E-state index >= 15 is 0 Å². The zero-order valence-corrected chi connectivity index (χ0v) is 17.3. The van der Waals surface area contributed by atoms with Crippen molar-refractivity contribution in [2.24, 2.45) is 0 Å². The van der Waals surface area contributed by atoms with Gasteiger partial charge in [-0.05, 0) is 43.3 Å². The molecule has 2 aliphatic rings. The molecule has 1 unspecified atom stereocenters. The van der Waals surface area contributed by atoms with Gasteiger partial charge >= 0.3 is 0 Å². The molecule has 2 aromatic rings. The minimum absolute atomic E-state index is 0.111. The predicted molar refractivity (Wildman–Crippen MR) is 109 cm³/mol. The summed E-state index contributed by atoms with van der Waals surface area (Å²) < 4.78 is 34.2. The van der Waals surface area contributed by atoms with Gasteiger partial charge in [-0.1, -0.05) is 0 Å². The molecule has 2 aliphatic heterocycles. The smallest absolute Gasteiger partial charge is 0.243 e. The van der Waals surface area contributed by atoms with Crippen LogP contribution in [0.4, 0.5) is 5.69 Å². The fraction of sp³-hybridized carbons (Fsp3) is 0.450. The average molecular weight is 419 g/mol. The zero-order chi connectivity index (χ0) is 20.4. The monoisotopic (exact) mass is 418 g/mol. The number of carbonyl (C=O) groups excluding carboxylic acids is 1. The van der Waals surface area contributed by atoms with Crippen LogP contribution in [-0.4, -0.2) is 67.5 Å². The molecule has 0 saturated carbocycles. The van der Waals surface area contributed by atoms with Crippen molar-refractivity contribution < 1.29 is 17.9 Å². The van der Waals surface area contributed by atoms with Gasteiger partial charge in [-0.25, -0.2) is 8.42 Å². The van der Waals surface area contributed by atoms with Crippen LogP contribution in [0, 0.1) is 0 Å². The Balaban J connectivity index is 1.37. The molecule has 9 heteroatoms. The number of carbonyl (C=O) groups is 1. The van der Waals surface area contributed by atoms with Gasteiger partial charge in [0.1, 0.15) is 0 Å². The quantitative estimate of drug-likeness (QED) is 0.796. The number of nitrogens with zero attached hydrogens (tertiary/aromatic N) is 3. The molecule has 0 aliphatic carbocycles. The van der Waals surface area contributed by atoms with Gasteiger partial charge in [-0.2, -0.15) is 4.31 Å². The third-order valence-electron chi connectivity index (χ3n) is 5.56. The summed E-state index contributed by atoms with van der Waals surface area (Å²) in [5, 5.41) is 2.87. The first-order valence-electron chi connectivity index (χ1n) is 9.82. The van der Waals surface area contributed by atoms with Crippen LogP contribution in [0.15, 0.2) is 47.5 Å². The minimum atomic E-state index is -3.53. The topological polar surface area (TPSA) is 83.9 Å². The summed E-state index contributed by atoms with van der Waals surface area (Å²) in [5.41, 5.74) is 1.80. The lowest BCUT2D eigenvalue weighted by molar-refractivity contribution is -0.118. The first kappa shape index (κ1) is 20.1. The summed E-state index contributed by atoms with van der Waals surface area (Å²) in [6.07, 6.45) is 2.07. The molecule has 1 aromatic heterocycles.